The molecule has 3 aromatic heterocycles. The lowest BCUT2D eigenvalue weighted by Crippen LogP contribution is -2.34. The van der Waals surface area contributed by atoms with Crippen LogP contribution in [0.2, 0.25) is 0 Å². The van der Waals surface area contributed by atoms with E-state index < -0.39 is 0 Å². The number of carbonyl (C=O) groups is 1. The van der Waals surface area contributed by atoms with E-state index in [0.717, 1.165) is 41.5 Å². The van der Waals surface area contributed by atoms with Gasteiger partial charge in [0.15, 0.2) is 11.5 Å². The topological polar surface area (TPSA) is 74.6 Å². The van der Waals surface area contributed by atoms with Crippen LogP contribution in [0.5, 0.6) is 0 Å². The van der Waals surface area contributed by atoms with Crippen molar-refractivity contribution in [2.24, 2.45) is 0 Å². The Morgan fingerprint density at radius 2 is 1.94 bits per heavy atom. The van der Waals surface area contributed by atoms with Crippen LogP contribution in [0.1, 0.15) is 24.2 Å². The van der Waals surface area contributed by atoms with E-state index >= 15 is 0 Å². The minimum Gasteiger partial charge on any atom is -0.351 e. The number of amides is 1. The van der Waals surface area contributed by atoms with E-state index in [9.17, 15) is 4.79 Å². The molecule has 1 amide bonds. The number of hydrogen-bond acceptors (Lipinski definition) is 6. The normalized spacial score (nSPS) is 11.2. The monoisotopic (exact) mass is 434 g/mol. The molecule has 160 valence electrons. The van der Waals surface area contributed by atoms with Crippen molar-refractivity contribution >= 4 is 34.4 Å². The van der Waals surface area contributed by atoms with Crippen molar-refractivity contribution in [1.82, 2.24) is 24.6 Å². The summed E-state index contributed by atoms with van der Waals surface area (Å²) in [5.41, 5.74) is 3.24. The molecule has 3 heterocycles. The van der Waals surface area contributed by atoms with Gasteiger partial charge in [0.2, 0.25) is 0 Å². The molecule has 0 bridgehead atoms. The quantitative estimate of drug-likeness (QED) is 0.411. The van der Waals surface area contributed by atoms with Crippen LogP contribution in [0.15, 0.2) is 60.4 Å². The van der Waals surface area contributed by atoms with Crippen LogP contribution in [0.4, 0.5) is 11.5 Å². The third-order valence-electron chi connectivity index (χ3n) is 5.22. The van der Waals surface area contributed by atoms with Crippen LogP contribution < -0.4 is 10.6 Å². The summed E-state index contributed by atoms with van der Waals surface area (Å²) in [6.45, 7) is 7.71. The molecule has 1 aromatic carbocycles. The van der Waals surface area contributed by atoms with Crippen molar-refractivity contribution in [3.63, 3.8) is 0 Å². The molecular weight excluding hydrogens is 408 g/mol. The summed E-state index contributed by atoms with van der Waals surface area (Å²) in [6.07, 6.45) is 5.55. The second-order valence-corrected chi connectivity index (χ2v) is 8.02. The van der Waals surface area contributed by atoms with E-state index in [2.05, 4.69) is 45.4 Å². The van der Waals surface area contributed by atoms with Crippen LogP contribution in [0.3, 0.4) is 0 Å². The molecular formula is C23H26N6OS. The van der Waals surface area contributed by atoms with E-state index in [1.807, 2.05) is 52.5 Å². The Labute approximate surface area is 185 Å². The molecule has 8 heteroatoms. The molecule has 4 rings (SSSR count). The van der Waals surface area contributed by atoms with Crippen molar-refractivity contribution in [2.45, 2.75) is 13.8 Å². The summed E-state index contributed by atoms with van der Waals surface area (Å²) >= 11 is 1.67. The number of likely N-dealkylation sites (N-methyl/N-ethyl adjacent to an activating group) is 1. The predicted octanol–water partition coefficient (Wildman–Crippen LogP) is 4.27. The van der Waals surface area contributed by atoms with E-state index in [1.165, 1.54) is 0 Å². The molecule has 0 spiro atoms. The number of thiophene rings is 1. The lowest BCUT2D eigenvalue weighted by Gasteiger charge is -2.18. The standard InChI is InChI=1S/C23H26N6OS/c1-3-28(4-2)13-11-25-23(30)17-7-9-18(10-8-17)27-21-22-24-12-14-29(22)19(16-26-21)20-6-5-15-31-20/h5-10,12,14-16H,3-4,11,13H2,1-2H3,(H,25,30)(H,26,27). The number of carbonyl (C=O) groups excluding carboxylic acids is 1. The summed E-state index contributed by atoms with van der Waals surface area (Å²) in [5, 5.41) is 8.34. The first-order valence-corrected chi connectivity index (χ1v) is 11.3. The second kappa shape index (κ2) is 9.72. The molecule has 31 heavy (non-hydrogen) atoms. The highest BCUT2D eigenvalue weighted by Gasteiger charge is 2.12. The van der Waals surface area contributed by atoms with Gasteiger partial charge in [-0.1, -0.05) is 19.9 Å². The minimum absolute atomic E-state index is 0.0622. The van der Waals surface area contributed by atoms with E-state index in [-0.39, 0.29) is 5.91 Å². The van der Waals surface area contributed by atoms with Crippen LogP contribution in [-0.2, 0) is 0 Å². The number of hydrogen-bond donors (Lipinski definition) is 2. The van der Waals surface area contributed by atoms with Crippen molar-refractivity contribution in [1.29, 1.82) is 0 Å². The maximum absolute atomic E-state index is 12.4. The van der Waals surface area contributed by atoms with Gasteiger partial charge in [0.05, 0.1) is 16.8 Å². The van der Waals surface area contributed by atoms with Crippen LogP contribution in [-0.4, -0.2) is 51.4 Å². The number of nitrogens with zero attached hydrogens (tertiary/aromatic N) is 4. The van der Waals surface area contributed by atoms with Gasteiger partial charge in [0, 0.05) is 36.7 Å². The lowest BCUT2D eigenvalue weighted by atomic mass is 10.2. The fraction of sp³-hybridized carbons (Fsp3) is 0.261. The zero-order chi connectivity index (χ0) is 21.6. The molecule has 0 saturated heterocycles. The van der Waals surface area contributed by atoms with Gasteiger partial charge in [-0.15, -0.1) is 11.3 Å². The Morgan fingerprint density at radius 1 is 1.13 bits per heavy atom. The third-order valence-corrected chi connectivity index (χ3v) is 6.11. The number of imidazole rings is 1. The summed E-state index contributed by atoms with van der Waals surface area (Å²) in [7, 11) is 0. The molecule has 0 aliphatic heterocycles. The van der Waals surface area contributed by atoms with Gasteiger partial charge in [-0.2, -0.15) is 0 Å². The second-order valence-electron chi connectivity index (χ2n) is 7.08. The highest BCUT2D eigenvalue weighted by Crippen LogP contribution is 2.28. The molecule has 7 nitrogen and oxygen atoms in total. The van der Waals surface area contributed by atoms with E-state index in [4.69, 9.17) is 0 Å². The molecule has 4 aromatic rings. The minimum atomic E-state index is -0.0622. The van der Waals surface area contributed by atoms with Crippen LogP contribution in [0, 0.1) is 0 Å². The first kappa shape index (κ1) is 21.0. The van der Waals surface area contributed by atoms with Crippen molar-refractivity contribution < 1.29 is 4.79 Å². The molecule has 0 aliphatic carbocycles. The molecule has 0 radical (unpaired) electrons. The summed E-state index contributed by atoms with van der Waals surface area (Å²) < 4.78 is 2.03. The Balaban J connectivity index is 1.44. The number of aromatic nitrogens is 3. The van der Waals surface area contributed by atoms with E-state index in [1.54, 1.807) is 17.5 Å². The number of rotatable bonds is 9. The number of benzene rings is 1. The molecule has 0 aliphatic rings. The Hall–Kier alpha value is -3.23. The average molecular weight is 435 g/mol. The van der Waals surface area contributed by atoms with Crippen molar-refractivity contribution in [2.75, 3.05) is 31.5 Å². The molecule has 2 N–H and O–H groups in total. The number of anilines is 2. The Kier molecular flexibility index (Phi) is 6.59. The zero-order valence-electron chi connectivity index (χ0n) is 17.7. The Bertz CT molecular complexity index is 1130. The fourth-order valence-corrected chi connectivity index (χ4v) is 4.16. The summed E-state index contributed by atoms with van der Waals surface area (Å²) in [4.78, 5) is 24.9. The van der Waals surface area contributed by atoms with Gasteiger partial charge in [-0.05, 0) is 48.8 Å². The largest absolute Gasteiger partial charge is 0.351 e. The van der Waals surface area contributed by atoms with Gasteiger partial charge in [0.1, 0.15) is 0 Å². The van der Waals surface area contributed by atoms with Crippen LogP contribution in [0.25, 0.3) is 16.2 Å². The Morgan fingerprint density at radius 3 is 2.65 bits per heavy atom. The third kappa shape index (κ3) is 4.76. The summed E-state index contributed by atoms with van der Waals surface area (Å²) in [5.74, 6) is 0.606. The highest BCUT2D eigenvalue weighted by molar-refractivity contribution is 7.13. The first-order chi connectivity index (χ1) is 15.2. The predicted molar refractivity (Wildman–Crippen MR) is 126 cm³/mol. The molecule has 0 unspecified atom stereocenters. The number of nitrogens with one attached hydrogen (secondary N) is 2. The average Bonchev–Trinajstić information content (AvgIpc) is 3.50. The van der Waals surface area contributed by atoms with Gasteiger partial charge in [0.25, 0.3) is 5.91 Å². The molecule has 0 fully saturated rings. The summed E-state index contributed by atoms with van der Waals surface area (Å²) in [6, 6.07) is 11.5. The fourth-order valence-electron chi connectivity index (χ4n) is 3.42. The lowest BCUT2D eigenvalue weighted by molar-refractivity contribution is 0.0949. The van der Waals surface area contributed by atoms with Crippen LogP contribution >= 0.6 is 11.3 Å². The van der Waals surface area contributed by atoms with Crippen molar-refractivity contribution in [3.05, 3.63) is 65.9 Å². The maximum Gasteiger partial charge on any atom is 0.251 e. The van der Waals surface area contributed by atoms with E-state index in [0.29, 0.717) is 17.9 Å². The SMILES string of the molecule is CCN(CC)CCNC(=O)c1ccc(Nc2ncc(-c3cccs3)n3ccnc23)cc1. The smallest absolute Gasteiger partial charge is 0.251 e. The zero-order valence-corrected chi connectivity index (χ0v) is 18.5. The molecule has 0 atom stereocenters. The van der Waals surface area contributed by atoms with Gasteiger partial charge in [-0.3, -0.25) is 9.20 Å². The maximum atomic E-state index is 12.4. The van der Waals surface area contributed by atoms with Crippen molar-refractivity contribution in [3.8, 4) is 10.6 Å². The van der Waals surface area contributed by atoms with Gasteiger partial charge < -0.3 is 15.5 Å². The van der Waals surface area contributed by atoms with Gasteiger partial charge >= 0.3 is 0 Å². The first-order valence-electron chi connectivity index (χ1n) is 10.4. The highest BCUT2D eigenvalue weighted by atomic mass is 32.1. The van der Waals surface area contributed by atoms with Gasteiger partial charge in [-0.25, -0.2) is 9.97 Å². The number of fused-ring (bicyclic) bond motifs is 1. The molecule has 0 saturated carbocycles.